The summed E-state index contributed by atoms with van der Waals surface area (Å²) in [6.07, 6.45) is 2.77. The van der Waals surface area contributed by atoms with Gasteiger partial charge in [-0.15, -0.1) is 0 Å². The minimum absolute atomic E-state index is 0.782. The van der Waals surface area contributed by atoms with Gasteiger partial charge in [0.15, 0.2) is 0 Å². The van der Waals surface area contributed by atoms with Gasteiger partial charge < -0.3 is 10.2 Å². The molecule has 0 amide bonds. The van der Waals surface area contributed by atoms with Gasteiger partial charge in [0.2, 0.25) is 0 Å². The van der Waals surface area contributed by atoms with E-state index < -0.39 is 0 Å². The quantitative estimate of drug-likeness (QED) is 0.848. The van der Waals surface area contributed by atoms with Crippen LogP contribution in [0, 0.1) is 0 Å². The third-order valence-electron chi connectivity index (χ3n) is 3.45. The Hall–Kier alpha value is -1.58. The first-order chi connectivity index (χ1) is 10.2. The first-order valence-corrected chi connectivity index (χ1v) is 7.68. The van der Waals surface area contributed by atoms with Crippen molar-refractivity contribution in [1.82, 2.24) is 10.3 Å². The van der Waals surface area contributed by atoms with Crippen LogP contribution in [0.1, 0.15) is 18.2 Å². The Morgan fingerprint density at radius 2 is 2.10 bits per heavy atom. The van der Waals surface area contributed by atoms with Crippen LogP contribution < -0.4 is 10.2 Å². The fourth-order valence-corrected chi connectivity index (χ4v) is 2.47. The molecule has 2 rings (SSSR count). The lowest BCUT2D eigenvalue weighted by Gasteiger charge is -2.23. The van der Waals surface area contributed by atoms with Crippen LogP contribution in [-0.2, 0) is 13.0 Å². The van der Waals surface area contributed by atoms with Gasteiger partial charge in [-0.05, 0) is 42.4 Å². The number of hydrogen-bond acceptors (Lipinski definition) is 3. The first kappa shape index (κ1) is 15.8. The van der Waals surface area contributed by atoms with Gasteiger partial charge in [0.25, 0.3) is 0 Å². The molecule has 0 bridgehead atoms. The smallest absolute Gasteiger partial charge is 0.0421 e. The van der Waals surface area contributed by atoms with Gasteiger partial charge in [0.05, 0.1) is 0 Å². The number of likely N-dealkylation sites (N-methyl/N-ethyl adjacent to an activating group) is 1. The standard InChI is InChI=1S/C17H22ClN3/c1-3-19-13-14-12-15(18)7-8-17(14)21(2)11-9-16-6-4-5-10-20-16/h4-8,10,12,19H,3,9,11,13H2,1-2H3. The van der Waals surface area contributed by atoms with Gasteiger partial charge in [0.1, 0.15) is 0 Å². The second-order valence-corrected chi connectivity index (χ2v) is 5.48. The molecule has 3 nitrogen and oxygen atoms in total. The number of benzene rings is 1. The summed E-state index contributed by atoms with van der Waals surface area (Å²) in [5.41, 5.74) is 3.57. The van der Waals surface area contributed by atoms with Crippen LogP contribution in [0.5, 0.6) is 0 Å². The van der Waals surface area contributed by atoms with E-state index in [9.17, 15) is 0 Å². The lowest BCUT2D eigenvalue weighted by atomic mass is 10.1. The number of rotatable bonds is 7. The number of pyridine rings is 1. The van der Waals surface area contributed by atoms with Gasteiger partial charge in [0, 0.05) is 49.2 Å². The highest BCUT2D eigenvalue weighted by Gasteiger charge is 2.08. The molecule has 0 saturated heterocycles. The predicted octanol–water partition coefficient (Wildman–Crippen LogP) is 3.52. The van der Waals surface area contributed by atoms with Crippen molar-refractivity contribution in [2.24, 2.45) is 0 Å². The monoisotopic (exact) mass is 303 g/mol. The molecule has 1 aromatic carbocycles. The van der Waals surface area contributed by atoms with Crippen LogP contribution in [0.2, 0.25) is 5.02 Å². The molecule has 0 atom stereocenters. The highest BCUT2D eigenvalue weighted by molar-refractivity contribution is 6.30. The zero-order valence-corrected chi connectivity index (χ0v) is 13.4. The number of nitrogens with zero attached hydrogens (tertiary/aromatic N) is 2. The third kappa shape index (κ3) is 4.73. The largest absolute Gasteiger partial charge is 0.374 e. The van der Waals surface area contributed by atoms with E-state index in [1.165, 1.54) is 11.3 Å². The Balaban J connectivity index is 2.05. The Morgan fingerprint density at radius 1 is 1.24 bits per heavy atom. The van der Waals surface area contributed by atoms with E-state index in [1.807, 2.05) is 30.5 Å². The summed E-state index contributed by atoms with van der Waals surface area (Å²) in [6.45, 7) is 4.82. The van der Waals surface area contributed by atoms with Gasteiger partial charge >= 0.3 is 0 Å². The normalized spacial score (nSPS) is 10.6. The number of halogens is 1. The maximum absolute atomic E-state index is 6.12. The van der Waals surface area contributed by atoms with Crippen molar-refractivity contribution >= 4 is 17.3 Å². The van der Waals surface area contributed by atoms with E-state index in [0.717, 1.165) is 36.8 Å². The predicted molar refractivity (Wildman–Crippen MR) is 90.0 cm³/mol. The van der Waals surface area contributed by atoms with E-state index in [4.69, 9.17) is 11.6 Å². The molecule has 2 aromatic rings. The minimum Gasteiger partial charge on any atom is -0.374 e. The zero-order valence-electron chi connectivity index (χ0n) is 12.6. The molecule has 21 heavy (non-hydrogen) atoms. The van der Waals surface area contributed by atoms with E-state index >= 15 is 0 Å². The average Bonchev–Trinajstić information content (AvgIpc) is 2.51. The second kappa shape index (κ2) is 8.01. The molecule has 1 N–H and O–H groups in total. The molecule has 0 aliphatic rings. The summed E-state index contributed by atoms with van der Waals surface area (Å²) in [4.78, 5) is 6.63. The minimum atomic E-state index is 0.782. The molecule has 0 aliphatic carbocycles. The van der Waals surface area contributed by atoms with Gasteiger partial charge in [-0.3, -0.25) is 4.98 Å². The van der Waals surface area contributed by atoms with Crippen LogP contribution in [-0.4, -0.2) is 25.1 Å². The van der Waals surface area contributed by atoms with Gasteiger partial charge in [-0.2, -0.15) is 0 Å². The Bertz CT molecular complexity index is 557. The molecule has 0 aliphatic heterocycles. The summed E-state index contributed by atoms with van der Waals surface area (Å²) in [7, 11) is 2.11. The van der Waals surface area contributed by atoms with Crippen molar-refractivity contribution in [1.29, 1.82) is 0 Å². The lowest BCUT2D eigenvalue weighted by molar-refractivity contribution is 0.722. The highest BCUT2D eigenvalue weighted by Crippen LogP contribution is 2.23. The van der Waals surface area contributed by atoms with Crippen LogP contribution >= 0.6 is 11.6 Å². The Labute approximate surface area is 132 Å². The molecule has 0 saturated carbocycles. The second-order valence-electron chi connectivity index (χ2n) is 5.05. The number of nitrogens with one attached hydrogen (secondary N) is 1. The molecule has 112 valence electrons. The summed E-state index contributed by atoms with van der Waals surface area (Å²) < 4.78 is 0. The SMILES string of the molecule is CCNCc1cc(Cl)ccc1N(C)CCc1ccccn1. The molecule has 0 unspecified atom stereocenters. The fourth-order valence-electron chi connectivity index (χ4n) is 2.28. The molecule has 0 radical (unpaired) electrons. The van der Waals surface area contributed by atoms with Crippen LogP contribution in [0.3, 0.4) is 0 Å². The maximum Gasteiger partial charge on any atom is 0.0421 e. The Kier molecular flexibility index (Phi) is 6.03. The summed E-state index contributed by atoms with van der Waals surface area (Å²) in [5, 5.41) is 4.15. The third-order valence-corrected chi connectivity index (χ3v) is 3.68. The molecule has 4 heteroatoms. The van der Waals surface area contributed by atoms with Crippen molar-refractivity contribution in [3.8, 4) is 0 Å². The highest BCUT2D eigenvalue weighted by atomic mass is 35.5. The van der Waals surface area contributed by atoms with Crippen molar-refractivity contribution in [3.63, 3.8) is 0 Å². The molecular weight excluding hydrogens is 282 g/mol. The maximum atomic E-state index is 6.12. The topological polar surface area (TPSA) is 28.2 Å². The summed E-state index contributed by atoms with van der Waals surface area (Å²) in [5.74, 6) is 0. The molecular formula is C17H22ClN3. The van der Waals surface area contributed by atoms with Crippen LogP contribution in [0.25, 0.3) is 0 Å². The van der Waals surface area contributed by atoms with E-state index in [1.54, 1.807) is 0 Å². The lowest BCUT2D eigenvalue weighted by Crippen LogP contribution is -2.23. The number of aromatic nitrogens is 1. The van der Waals surface area contributed by atoms with Gasteiger partial charge in [-0.25, -0.2) is 0 Å². The fraction of sp³-hybridized carbons (Fsp3) is 0.353. The number of anilines is 1. The van der Waals surface area contributed by atoms with Crippen LogP contribution in [0.15, 0.2) is 42.6 Å². The first-order valence-electron chi connectivity index (χ1n) is 7.31. The van der Waals surface area contributed by atoms with E-state index in [2.05, 4.69) is 41.3 Å². The Morgan fingerprint density at radius 3 is 2.81 bits per heavy atom. The van der Waals surface area contributed by atoms with Crippen molar-refractivity contribution in [3.05, 3.63) is 58.9 Å². The van der Waals surface area contributed by atoms with Crippen molar-refractivity contribution in [2.45, 2.75) is 19.9 Å². The molecule has 1 heterocycles. The summed E-state index contributed by atoms with van der Waals surface area (Å²) in [6, 6.07) is 12.1. The number of hydrogen-bond donors (Lipinski definition) is 1. The molecule has 1 aromatic heterocycles. The average molecular weight is 304 g/mol. The van der Waals surface area contributed by atoms with Crippen LogP contribution in [0.4, 0.5) is 5.69 Å². The van der Waals surface area contributed by atoms with Crippen molar-refractivity contribution in [2.75, 3.05) is 25.0 Å². The molecule has 0 fully saturated rings. The zero-order chi connectivity index (χ0) is 15.1. The summed E-state index contributed by atoms with van der Waals surface area (Å²) >= 11 is 6.12. The van der Waals surface area contributed by atoms with E-state index in [-0.39, 0.29) is 0 Å². The van der Waals surface area contributed by atoms with E-state index in [0.29, 0.717) is 0 Å². The van der Waals surface area contributed by atoms with Crippen molar-refractivity contribution < 1.29 is 0 Å². The van der Waals surface area contributed by atoms with Gasteiger partial charge in [-0.1, -0.05) is 24.6 Å². The molecule has 0 spiro atoms.